The van der Waals surface area contributed by atoms with Crippen molar-refractivity contribution in [2.75, 3.05) is 19.6 Å². The van der Waals surface area contributed by atoms with Crippen LogP contribution in [0.3, 0.4) is 0 Å². The molecule has 1 aromatic rings. The number of aliphatic hydroxyl groups is 1. The highest BCUT2D eigenvalue weighted by Gasteiger charge is 2.41. The van der Waals surface area contributed by atoms with Gasteiger partial charge < -0.3 is 15.3 Å². The number of rotatable bonds is 4. The van der Waals surface area contributed by atoms with Crippen LogP contribution in [0.5, 0.6) is 0 Å². The minimum Gasteiger partial charge on any atom is -0.386 e. The second-order valence-electron chi connectivity index (χ2n) is 5.11. The Labute approximate surface area is 126 Å². The Hall–Kier alpha value is -1.66. The number of hydrogen-bond donors (Lipinski definition) is 2. The molecule has 2 N–H and O–H groups in total. The lowest BCUT2D eigenvalue weighted by Crippen LogP contribution is -2.64. The molecule has 2 rings (SSSR count). The molecule has 0 saturated carbocycles. The summed E-state index contributed by atoms with van der Waals surface area (Å²) in [5.41, 5.74) is -1.10. The Kier molecular flexibility index (Phi) is 4.49. The van der Waals surface area contributed by atoms with Crippen molar-refractivity contribution in [3.8, 4) is 0 Å². The number of benzene rings is 1. The molecule has 21 heavy (non-hydrogen) atoms. The highest BCUT2D eigenvalue weighted by Crippen LogP contribution is 2.23. The third-order valence-corrected chi connectivity index (χ3v) is 3.89. The SMILES string of the molecule is CCC1(O)CN(C(=O)CNC(=O)c2c(F)cccc2Cl)C1. The molecule has 0 aliphatic carbocycles. The summed E-state index contributed by atoms with van der Waals surface area (Å²) in [6.07, 6.45) is 0.563. The van der Waals surface area contributed by atoms with Crippen molar-refractivity contribution in [2.45, 2.75) is 18.9 Å². The molecule has 2 amide bonds. The summed E-state index contributed by atoms with van der Waals surface area (Å²) in [7, 11) is 0. The monoisotopic (exact) mass is 314 g/mol. The predicted molar refractivity (Wildman–Crippen MR) is 75.6 cm³/mol. The molecule has 1 heterocycles. The Bertz CT molecular complexity index is 553. The maximum absolute atomic E-state index is 13.5. The van der Waals surface area contributed by atoms with E-state index in [1.54, 1.807) is 0 Å². The highest BCUT2D eigenvalue weighted by atomic mass is 35.5. The molecule has 1 aliphatic rings. The molecule has 1 fully saturated rings. The van der Waals surface area contributed by atoms with Crippen molar-refractivity contribution < 1.29 is 19.1 Å². The average Bonchev–Trinajstić information content (AvgIpc) is 2.41. The first-order valence-corrected chi connectivity index (χ1v) is 6.96. The Morgan fingerprint density at radius 3 is 2.71 bits per heavy atom. The molecule has 1 aliphatic heterocycles. The summed E-state index contributed by atoms with van der Waals surface area (Å²) in [5.74, 6) is -1.80. The Morgan fingerprint density at radius 1 is 1.48 bits per heavy atom. The summed E-state index contributed by atoms with van der Waals surface area (Å²) in [5, 5.41) is 12.1. The molecule has 7 heteroatoms. The molecule has 1 saturated heterocycles. The second-order valence-corrected chi connectivity index (χ2v) is 5.51. The molecular formula is C14H16ClFN2O3. The fraction of sp³-hybridized carbons (Fsp3) is 0.429. The van der Waals surface area contributed by atoms with E-state index in [1.807, 2.05) is 6.92 Å². The van der Waals surface area contributed by atoms with Crippen molar-refractivity contribution in [1.82, 2.24) is 10.2 Å². The molecule has 0 aromatic heterocycles. The van der Waals surface area contributed by atoms with Gasteiger partial charge in [0.1, 0.15) is 5.82 Å². The van der Waals surface area contributed by atoms with Crippen LogP contribution in [0.1, 0.15) is 23.7 Å². The van der Waals surface area contributed by atoms with Crippen LogP contribution in [0.4, 0.5) is 4.39 Å². The lowest BCUT2D eigenvalue weighted by molar-refractivity contribution is -0.154. The molecule has 1 aromatic carbocycles. The first-order valence-electron chi connectivity index (χ1n) is 6.58. The smallest absolute Gasteiger partial charge is 0.256 e. The van der Waals surface area contributed by atoms with Crippen LogP contribution in [-0.4, -0.2) is 47.1 Å². The standard InChI is InChI=1S/C14H16ClFN2O3/c1-2-14(21)7-18(8-14)11(19)6-17-13(20)12-9(15)4-3-5-10(12)16/h3-5,21H,2,6-8H2,1H3,(H,17,20). The first-order chi connectivity index (χ1) is 9.86. The molecular weight excluding hydrogens is 299 g/mol. The van der Waals surface area contributed by atoms with Crippen molar-refractivity contribution in [1.29, 1.82) is 0 Å². The zero-order chi connectivity index (χ0) is 15.6. The fourth-order valence-corrected chi connectivity index (χ4v) is 2.38. The van der Waals surface area contributed by atoms with Gasteiger partial charge in [0.15, 0.2) is 0 Å². The van der Waals surface area contributed by atoms with Crippen LogP contribution in [0.25, 0.3) is 0 Å². The van der Waals surface area contributed by atoms with E-state index in [0.29, 0.717) is 6.42 Å². The number of halogens is 2. The van der Waals surface area contributed by atoms with E-state index in [2.05, 4.69) is 5.32 Å². The molecule has 5 nitrogen and oxygen atoms in total. The Morgan fingerprint density at radius 2 is 2.14 bits per heavy atom. The van der Waals surface area contributed by atoms with Gasteiger partial charge in [0.25, 0.3) is 5.91 Å². The molecule has 114 valence electrons. The number of carbonyl (C=O) groups is 2. The molecule has 0 spiro atoms. The number of likely N-dealkylation sites (tertiary alicyclic amines) is 1. The lowest BCUT2D eigenvalue weighted by atomic mass is 9.91. The Balaban J connectivity index is 1.89. The van der Waals surface area contributed by atoms with Gasteiger partial charge in [-0.3, -0.25) is 9.59 Å². The van der Waals surface area contributed by atoms with Gasteiger partial charge in [-0.05, 0) is 18.6 Å². The topological polar surface area (TPSA) is 69.6 Å². The lowest BCUT2D eigenvalue weighted by Gasteiger charge is -2.46. The van der Waals surface area contributed by atoms with Gasteiger partial charge in [-0.15, -0.1) is 0 Å². The number of carbonyl (C=O) groups excluding carboxylic acids is 2. The van der Waals surface area contributed by atoms with Crippen LogP contribution in [0.2, 0.25) is 5.02 Å². The van der Waals surface area contributed by atoms with Crippen LogP contribution in [0.15, 0.2) is 18.2 Å². The summed E-state index contributed by atoms with van der Waals surface area (Å²) >= 11 is 5.77. The van der Waals surface area contributed by atoms with Gasteiger partial charge in [-0.1, -0.05) is 24.6 Å². The number of amides is 2. The van der Waals surface area contributed by atoms with Gasteiger partial charge in [0, 0.05) is 0 Å². The number of hydrogen-bond acceptors (Lipinski definition) is 3. The molecule has 0 bridgehead atoms. The van der Waals surface area contributed by atoms with Crippen LogP contribution >= 0.6 is 11.6 Å². The van der Waals surface area contributed by atoms with E-state index in [9.17, 15) is 19.1 Å². The van der Waals surface area contributed by atoms with Crippen molar-refractivity contribution in [3.63, 3.8) is 0 Å². The van der Waals surface area contributed by atoms with Gasteiger partial charge in [0.05, 0.1) is 35.8 Å². The van der Waals surface area contributed by atoms with E-state index in [-0.39, 0.29) is 36.1 Å². The minimum atomic E-state index is -0.825. The van der Waals surface area contributed by atoms with E-state index in [0.717, 1.165) is 6.07 Å². The van der Waals surface area contributed by atoms with E-state index in [4.69, 9.17) is 11.6 Å². The minimum absolute atomic E-state index is 0.00995. The summed E-state index contributed by atoms with van der Waals surface area (Å²) in [4.78, 5) is 25.1. The van der Waals surface area contributed by atoms with Gasteiger partial charge >= 0.3 is 0 Å². The van der Waals surface area contributed by atoms with Gasteiger partial charge in [-0.25, -0.2) is 4.39 Å². The largest absolute Gasteiger partial charge is 0.386 e. The molecule has 0 unspecified atom stereocenters. The van der Waals surface area contributed by atoms with E-state index < -0.39 is 17.3 Å². The highest BCUT2D eigenvalue weighted by molar-refractivity contribution is 6.33. The normalized spacial score (nSPS) is 16.3. The zero-order valence-electron chi connectivity index (χ0n) is 11.5. The zero-order valence-corrected chi connectivity index (χ0v) is 12.3. The number of nitrogens with zero attached hydrogens (tertiary/aromatic N) is 1. The molecule has 0 atom stereocenters. The first kappa shape index (κ1) is 15.7. The van der Waals surface area contributed by atoms with E-state index in [1.165, 1.54) is 17.0 Å². The summed E-state index contributed by atoms with van der Waals surface area (Å²) < 4.78 is 13.5. The van der Waals surface area contributed by atoms with Gasteiger partial charge in [0.2, 0.25) is 5.91 Å². The van der Waals surface area contributed by atoms with Crippen LogP contribution < -0.4 is 5.32 Å². The maximum Gasteiger partial charge on any atom is 0.256 e. The van der Waals surface area contributed by atoms with Crippen molar-refractivity contribution >= 4 is 23.4 Å². The van der Waals surface area contributed by atoms with Crippen molar-refractivity contribution in [3.05, 3.63) is 34.6 Å². The predicted octanol–water partition coefficient (Wildman–Crippen LogP) is 1.19. The number of β-amino-alcohol motifs (C(OH)–C–C–N with tert-alkyl or cyclic N) is 1. The van der Waals surface area contributed by atoms with Crippen LogP contribution in [-0.2, 0) is 4.79 Å². The number of nitrogens with one attached hydrogen (secondary N) is 1. The fourth-order valence-electron chi connectivity index (χ4n) is 2.14. The van der Waals surface area contributed by atoms with Crippen molar-refractivity contribution in [2.24, 2.45) is 0 Å². The third kappa shape index (κ3) is 3.33. The van der Waals surface area contributed by atoms with Crippen LogP contribution in [0, 0.1) is 5.82 Å². The quantitative estimate of drug-likeness (QED) is 0.877. The maximum atomic E-state index is 13.5. The summed E-state index contributed by atoms with van der Waals surface area (Å²) in [6, 6.07) is 3.92. The second kappa shape index (κ2) is 5.99. The molecule has 0 radical (unpaired) electrons. The average molecular weight is 315 g/mol. The summed E-state index contributed by atoms with van der Waals surface area (Å²) in [6.45, 7) is 2.07. The third-order valence-electron chi connectivity index (χ3n) is 3.57. The van der Waals surface area contributed by atoms with Gasteiger partial charge in [-0.2, -0.15) is 0 Å². The van der Waals surface area contributed by atoms with E-state index >= 15 is 0 Å².